The Bertz CT molecular complexity index is 472. The van der Waals surface area contributed by atoms with Crippen molar-refractivity contribution < 1.29 is 14.3 Å². The number of amides is 1. The van der Waals surface area contributed by atoms with Gasteiger partial charge in [-0.25, -0.2) is 4.39 Å². The first-order chi connectivity index (χ1) is 9.95. The molecule has 1 aliphatic rings. The quantitative estimate of drug-likeness (QED) is 0.807. The van der Waals surface area contributed by atoms with Gasteiger partial charge in [0.15, 0.2) is 0 Å². The van der Waals surface area contributed by atoms with Crippen molar-refractivity contribution in [2.24, 2.45) is 0 Å². The second-order valence-electron chi connectivity index (χ2n) is 5.95. The van der Waals surface area contributed by atoms with E-state index < -0.39 is 6.10 Å². The first-order valence-electron chi connectivity index (χ1n) is 7.42. The minimum atomic E-state index is -0.710. The van der Waals surface area contributed by atoms with E-state index in [-0.39, 0.29) is 17.8 Å². The van der Waals surface area contributed by atoms with Gasteiger partial charge < -0.3 is 10.4 Å². The van der Waals surface area contributed by atoms with Gasteiger partial charge in [0.25, 0.3) is 0 Å². The summed E-state index contributed by atoms with van der Waals surface area (Å²) in [5, 5.41) is 13.1. The van der Waals surface area contributed by atoms with Crippen LogP contribution in [0.3, 0.4) is 0 Å². The molecular weight excluding hydrogens is 271 g/mol. The normalized spacial score (nSPS) is 16.3. The zero-order valence-electron chi connectivity index (χ0n) is 12.6. The van der Waals surface area contributed by atoms with Crippen molar-refractivity contribution in [3.63, 3.8) is 0 Å². The number of hydrogen-bond acceptors (Lipinski definition) is 3. The molecule has 0 bridgehead atoms. The summed E-state index contributed by atoms with van der Waals surface area (Å²) in [6, 6.07) is 6.33. The molecule has 0 heterocycles. The zero-order valence-corrected chi connectivity index (χ0v) is 12.6. The molecule has 2 N–H and O–H groups in total. The van der Waals surface area contributed by atoms with E-state index in [9.17, 15) is 14.3 Å². The van der Waals surface area contributed by atoms with Crippen LogP contribution in [0.25, 0.3) is 0 Å². The lowest BCUT2D eigenvalue weighted by molar-refractivity contribution is -0.123. The maximum absolute atomic E-state index is 12.9. The Labute approximate surface area is 125 Å². The fraction of sp³-hybridized carbons (Fsp3) is 0.562. The summed E-state index contributed by atoms with van der Waals surface area (Å²) in [5.74, 6) is -0.343. The van der Waals surface area contributed by atoms with Gasteiger partial charge in [0, 0.05) is 18.6 Å². The number of nitrogens with zero attached hydrogens (tertiary/aromatic N) is 1. The average molecular weight is 294 g/mol. The van der Waals surface area contributed by atoms with Gasteiger partial charge in [-0.05, 0) is 44.4 Å². The number of carbonyl (C=O) groups excluding carboxylic acids is 1. The van der Waals surface area contributed by atoms with Crippen LogP contribution in [0.1, 0.15) is 38.4 Å². The van der Waals surface area contributed by atoms with Crippen molar-refractivity contribution in [1.82, 2.24) is 10.2 Å². The molecule has 1 fully saturated rings. The maximum Gasteiger partial charge on any atom is 0.234 e. The first-order valence-corrected chi connectivity index (χ1v) is 7.42. The van der Waals surface area contributed by atoms with Gasteiger partial charge in [0.2, 0.25) is 5.91 Å². The lowest BCUT2D eigenvalue weighted by atomic mass is 10.1. The van der Waals surface area contributed by atoms with E-state index >= 15 is 0 Å². The highest BCUT2D eigenvalue weighted by Crippen LogP contribution is 2.28. The van der Waals surface area contributed by atoms with Crippen LogP contribution < -0.4 is 5.32 Å². The number of hydrogen-bond donors (Lipinski definition) is 2. The Morgan fingerprint density at radius 2 is 2.00 bits per heavy atom. The van der Waals surface area contributed by atoms with Gasteiger partial charge in [-0.2, -0.15) is 0 Å². The predicted molar refractivity (Wildman–Crippen MR) is 79.2 cm³/mol. The lowest BCUT2D eigenvalue weighted by Gasteiger charge is -2.25. The molecule has 1 aliphatic carbocycles. The van der Waals surface area contributed by atoms with Crippen LogP contribution in [0, 0.1) is 5.82 Å². The fourth-order valence-electron chi connectivity index (χ4n) is 2.35. The molecule has 1 atom stereocenters. The number of aliphatic hydroxyl groups is 1. The Balaban J connectivity index is 1.93. The van der Waals surface area contributed by atoms with Gasteiger partial charge in [-0.3, -0.25) is 9.69 Å². The molecule has 1 aromatic carbocycles. The highest BCUT2D eigenvalue weighted by molar-refractivity contribution is 5.78. The molecule has 5 heteroatoms. The van der Waals surface area contributed by atoms with Crippen LogP contribution in [0.15, 0.2) is 24.3 Å². The van der Waals surface area contributed by atoms with Crippen molar-refractivity contribution in [3.05, 3.63) is 35.6 Å². The Kier molecular flexibility index (Phi) is 5.31. The molecule has 116 valence electrons. The number of nitrogens with one attached hydrogen (secondary N) is 1. The zero-order chi connectivity index (χ0) is 15.4. The Hall–Kier alpha value is -1.46. The van der Waals surface area contributed by atoms with Crippen LogP contribution in [0.5, 0.6) is 0 Å². The van der Waals surface area contributed by atoms with Crippen LogP contribution in [0.4, 0.5) is 4.39 Å². The van der Waals surface area contributed by atoms with Crippen LogP contribution in [-0.4, -0.2) is 41.1 Å². The molecule has 0 aromatic heterocycles. The van der Waals surface area contributed by atoms with E-state index in [1.165, 1.54) is 12.1 Å². The summed E-state index contributed by atoms with van der Waals surface area (Å²) in [6.07, 6.45) is 1.41. The molecular formula is C16H23FN2O2. The predicted octanol–water partition coefficient (Wildman–Crippen LogP) is 1.85. The number of carbonyl (C=O) groups is 1. The molecule has 1 saturated carbocycles. The molecule has 0 aliphatic heterocycles. The molecule has 1 amide bonds. The molecule has 0 saturated heterocycles. The van der Waals surface area contributed by atoms with Crippen molar-refractivity contribution in [1.29, 1.82) is 0 Å². The summed E-state index contributed by atoms with van der Waals surface area (Å²) in [6.45, 7) is 4.53. The highest BCUT2D eigenvalue weighted by atomic mass is 19.1. The third kappa shape index (κ3) is 5.10. The minimum absolute atomic E-state index is 0.0248. The van der Waals surface area contributed by atoms with Crippen LogP contribution >= 0.6 is 0 Å². The van der Waals surface area contributed by atoms with Crippen molar-refractivity contribution in [3.8, 4) is 0 Å². The SMILES string of the molecule is CC(C)NC(=O)CN(CC(O)c1ccc(F)cc1)C1CC1. The smallest absolute Gasteiger partial charge is 0.234 e. The molecule has 1 unspecified atom stereocenters. The number of benzene rings is 1. The van der Waals surface area contributed by atoms with Crippen molar-refractivity contribution in [2.75, 3.05) is 13.1 Å². The summed E-state index contributed by atoms with van der Waals surface area (Å²) < 4.78 is 12.9. The molecule has 1 aromatic rings. The van der Waals surface area contributed by atoms with E-state index in [1.54, 1.807) is 12.1 Å². The van der Waals surface area contributed by atoms with Crippen LogP contribution in [-0.2, 0) is 4.79 Å². The summed E-state index contributed by atoms with van der Waals surface area (Å²) in [4.78, 5) is 13.9. The van der Waals surface area contributed by atoms with E-state index in [0.29, 0.717) is 24.7 Å². The topological polar surface area (TPSA) is 52.6 Å². The third-order valence-corrected chi connectivity index (χ3v) is 3.52. The van der Waals surface area contributed by atoms with Gasteiger partial charge in [-0.1, -0.05) is 12.1 Å². The van der Waals surface area contributed by atoms with Gasteiger partial charge in [0.1, 0.15) is 5.82 Å². The van der Waals surface area contributed by atoms with Gasteiger partial charge >= 0.3 is 0 Å². The maximum atomic E-state index is 12.9. The number of aliphatic hydroxyl groups excluding tert-OH is 1. The summed E-state index contributed by atoms with van der Waals surface area (Å²) in [5.41, 5.74) is 0.673. The standard InChI is InChI=1S/C16H23FN2O2/c1-11(2)18-16(21)10-19(14-7-8-14)9-15(20)12-3-5-13(17)6-4-12/h3-6,11,14-15,20H,7-10H2,1-2H3,(H,18,21). The fourth-order valence-corrected chi connectivity index (χ4v) is 2.35. The van der Waals surface area contributed by atoms with Crippen molar-refractivity contribution >= 4 is 5.91 Å². The lowest BCUT2D eigenvalue weighted by Crippen LogP contribution is -2.42. The van der Waals surface area contributed by atoms with Gasteiger partial charge in [0.05, 0.1) is 12.6 Å². The second-order valence-corrected chi connectivity index (χ2v) is 5.95. The van der Waals surface area contributed by atoms with E-state index in [0.717, 1.165) is 12.8 Å². The summed E-state index contributed by atoms with van der Waals surface area (Å²) in [7, 11) is 0. The monoisotopic (exact) mass is 294 g/mol. The molecule has 21 heavy (non-hydrogen) atoms. The van der Waals surface area contributed by atoms with E-state index in [1.807, 2.05) is 18.7 Å². The molecule has 2 rings (SSSR count). The Morgan fingerprint density at radius 3 is 2.52 bits per heavy atom. The van der Waals surface area contributed by atoms with Gasteiger partial charge in [-0.15, -0.1) is 0 Å². The summed E-state index contributed by atoms with van der Waals surface area (Å²) >= 11 is 0. The highest BCUT2D eigenvalue weighted by Gasteiger charge is 2.31. The largest absolute Gasteiger partial charge is 0.387 e. The second kappa shape index (κ2) is 7.00. The molecule has 4 nitrogen and oxygen atoms in total. The minimum Gasteiger partial charge on any atom is -0.387 e. The molecule has 0 spiro atoms. The number of halogens is 1. The van der Waals surface area contributed by atoms with Crippen molar-refractivity contribution in [2.45, 2.75) is 44.9 Å². The first kappa shape index (κ1) is 15.9. The van der Waals surface area contributed by atoms with Crippen LogP contribution in [0.2, 0.25) is 0 Å². The average Bonchev–Trinajstić information content (AvgIpc) is 3.21. The molecule has 0 radical (unpaired) electrons. The van der Waals surface area contributed by atoms with E-state index in [4.69, 9.17) is 0 Å². The third-order valence-electron chi connectivity index (χ3n) is 3.52. The van der Waals surface area contributed by atoms with E-state index in [2.05, 4.69) is 5.32 Å². The Morgan fingerprint density at radius 1 is 1.38 bits per heavy atom. The number of rotatable bonds is 7.